The number of amides is 1. The normalized spacial score (nSPS) is 11.9. The topological polar surface area (TPSA) is 84.9 Å². The van der Waals surface area contributed by atoms with Crippen molar-refractivity contribution < 1.29 is 23.5 Å². The van der Waals surface area contributed by atoms with Gasteiger partial charge in [-0.1, -0.05) is 12.1 Å². The van der Waals surface area contributed by atoms with E-state index in [1.54, 1.807) is 7.11 Å². The Morgan fingerprint density at radius 3 is 2.61 bits per heavy atom. The third-order valence-electron chi connectivity index (χ3n) is 2.22. The van der Waals surface area contributed by atoms with Crippen molar-refractivity contribution in [3.05, 3.63) is 29.8 Å². The monoisotopic (exact) mass is 273 g/mol. The zero-order valence-electron chi connectivity index (χ0n) is 10.0. The van der Waals surface area contributed by atoms with Crippen LogP contribution in [-0.2, 0) is 20.3 Å². The smallest absolute Gasteiger partial charge is 0.317 e. The molecule has 0 aromatic heterocycles. The van der Waals surface area contributed by atoms with Crippen molar-refractivity contribution in [2.75, 3.05) is 20.3 Å². The Balaban J connectivity index is 2.24. The van der Waals surface area contributed by atoms with E-state index in [0.29, 0.717) is 13.0 Å². The van der Waals surface area contributed by atoms with Crippen LogP contribution in [0.25, 0.3) is 0 Å². The standard InChI is InChI=1S/C11H16NO5P/c1-16-10-4-2-9(3-5-10)6-7-12-11(13)8-17-18(14)15/h2-5,18H,6-8H2,1H3,(H,12,13)(H,14,15). The summed E-state index contributed by atoms with van der Waals surface area (Å²) in [6.45, 7) is 0.0534. The molecule has 1 aromatic rings. The number of methoxy groups -OCH3 is 1. The van der Waals surface area contributed by atoms with Crippen LogP contribution in [0.3, 0.4) is 0 Å². The van der Waals surface area contributed by atoms with Gasteiger partial charge in [-0.2, -0.15) is 0 Å². The number of hydrogen-bond acceptors (Lipinski definition) is 4. The Kier molecular flexibility index (Phi) is 6.43. The van der Waals surface area contributed by atoms with Gasteiger partial charge >= 0.3 is 8.25 Å². The first-order valence-corrected chi connectivity index (χ1v) is 6.63. The third kappa shape index (κ3) is 5.82. The van der Waals surface area contributed by atoms with E-state index in [1.165, 1.54) is 0 Å². The van der Waals surface area contributed by atoms with Crippen molar-refractivity contribution in [1.82, 2.24) is 5.32 Å². The lowest BCUT2D eigenvalue weighted by Crippen LogP contribution is -2.28. The molecule has 0 aliphatic carbocycles. The molecule has 100 valence electrons. The predicted octanol–water partition coefficient (Wildman–Crippen LogP) is 0.752. The zero-order valence-corrected chi connectivity index (χ0v) is 11.0. The summed E-state index contributed by atoms with van der Waals surface area (Å²) >= 11 is 0. The van der Waals surface area contributed by atoms with Gasteiger partial charge in [0.2, 0.25) is 5.91 Å². The van der Waals surface area contributed by atoms with Gasteiger partial charge in [0.25, 0.3) is 0 Å². The first-order chi connectivity index (χ1) is 8.61. The Morgan fingerprint density at radius 1 is 1.39 bits per heavy atom. The first kappa shape index (κ1) is 14.7. The molecule has 0 heterocycles. The highest BCUT2D eigenvalue weighted by Gasteiger charge is 2.02. The summed E-state index contributed by atoms with van der Waals surface area (Å²) in [5.41, 5.74) is 1.06. The van der Waals surface area contributed by atoms with Crippen LogP contribution in [0.4, 0.5) is 0 Å². The maximum Gasteiger partial charge on any atom is 0.317 e. The fourth-order valence-electron chi connectivity index (χ4n) is 1.32. The van der Waals surface area contributed by atoms with Crippen LogP contribution in [0.5, 0.6) is 5.75 Å². The molecule has 0 saturated heterocycles. The van der Waals surface area contributed by atoms with Crippen LogP contribution in [0.15, 0.2) is 24.3 Å². The molecule has 18 heavy (non-hydrogen) atoms. The number of carbonyl (C=O) groups is 1. The average Bonchev–Trinajstić information content (AvgIpc) is 2.37. The maximum atomic E-state index is 11.1. The molecule has 6 nitrogen and oxygen atoms in total. The highest BCUT2D eigenvalue weighted by molar-refractivity contribution is 7.32. The molecule has 0 fully saturated rings. The van der Waals surface area contributed by atoms with Crippen LogP contribution in [0.2, 0.25) is 0 Å². The van der Waals surface area contributed by atoms with Gasteiger partial charge in [0, 0.05) is 6.54 Å². The Morgan fingerprint density at radius 2 is 2.06 bits per heavy atom. The predicted molar refractivity (Wildman–Crippen MR) is 66.9 cm³/mol. The molecule has 0 spiro atoms. The molecule has 1 rings (SSSR count). The van der Waals surface area contributed by atoms with Crippen molar-refractivity contribution >= 4 is 14.2 Å². The summed E-state index contributed by atoms with van der Waals surface area (Å²) in [5.74, 6) is 0.375. The fraction of sp³-hybridized carbons (Fsp3) is 0.364. The number of hydrogen-bond donors (Lipinski definition) is 2. The SMILES string of the molecule is COc1ccc(CCNC(=O)CO[PH](=O)O)cc1. The molecule has 0 radical (unpaired) electrons. The van der Waals surface area contributed by atoms with Crippen LogP contribution < -0.4 is 10.1 Å². The molecule has 7 heteroatoms. The second-order valence-electron chi connectivity index (χ2n) is 3.50. The molecule has 0 bridgehead atoms. The lowest BCUT2D eigenvalue weighted by molar-refractivity contribution is -0.123. The van der Waals surface area contributed by atoms with E-state index in [-0.39, 0.29) is 0 Å². The number of nitrogens with one attached hydrogen (secondary N) is 1. The molecular formula is C11H16NO5P. The van der Waals surface area contributed by atoms with Gasteiger partial charge in [-0.05, 0) is 24.1 Å². The summed E-state index contributed by atoms with van der Waals surface area (Å²) in [5, 5.41) is 2.59. The summed E-state index contributed by atoms with van der Waals surface area (Å²) in [6, 6.07) is 7.51. The molecule has 0 aliphatic rings. The van der Waals surface area contributed by atoms with E-state index in [9.17, 15) is 9.36 Å². The van der Waals surface area contributed by atoms with Crippen molar-refractivity contribution in [3.63, 3.8) is 0 Å². The Labute approximate surface area is 106 Å². The molecule has 1 amide bonds. The quantitative estimate of drug-likeness (QED) is 0.716. The van der Waals surface area contributed by atoms with Crippen molar-refractivity contribution in [3.8, 4) is 5.75 Å². The van der Waals surface area contributed by atoms with Crippen LogP contribution in [-0.4, -0.2) is 31.1 Å². The Hall–Kier alpha value is -1.36. The lowest BCUT2D eigenvalue weighted by atomic mass is 10.1. The second-order valence-corrected chi connectivity index (χ2v) is 4.32. The minimum Gasteiger partial charge on any atom is -0.497 e. The van der Waals surface area contributed by atoms with E-state index in [0.717, 1.165) is 11.3 Å². The molecule has 1 aromatic carbocycles. The highest BCUT2D eigenvalue weighted by Crippen LogP contribution is 2.13. The van der Waals surface area contributed by atoms with Crippen molar-refractivity contribution in [2.24, 2.45) is 0 Å². The number of benzene rings is 1. The summed E-state index contributed by atoms with van der Waals surface area (Å²) in [4.78, 5) is 19.5. The lowest BCUT2D eigenvalue weighted by Gasteiger charge is -2.05. The largest absolute Gasteiger partial charge is 0.497 e. The Bertz CT molecular complexity index is 406. The van der Waals surface area contributed by atoms with Gasteiger partial charge in [0.15, 0.2) is 0 Å². The summed E-state index contributed by atoms with van der Waals surface area (Å²) in [7, 11) is -1.44. The van der Waals surface area contributed by atoms with Gasteiger partial charge in [0.1, 0.15) is 12.4 Å². The fourth-order valence-corrected chi connectivity index (χ4v) is 1.57. The van der Waals surface area contributed by atoms with E-state index in [2.05, 4.69) is 9.84 Å². The van der Waals surface area contributed by atoms with E-state index >= 15 is 0 Å². The molecule has 0 saturated carbocycles. The van der Waals surface area contributed by atoms with Gasteiger partial charge < -0.3 is 19.5 Å². The summed E-state index contributed by atoms with van der Waals surface area (Å²) in [6.07, 6.45) is 0.671. The van der Waals surface area contributed by atoms with Crippen molar-refractivity contribution in [2.45, 2.75) is 6.42 Å². The van der Waals surface area contributed by atoms with E-state index in [1.807, 2.05) is 24.3 Å². The molecular weight excluding hydrogens is 257 g/mol. The maximum absolute atomic E-state index is 11.1. The van der Waals surface area contributed by atoms with E-state index < -0.39 is 20.8 Å². The second kappa shape index (κ2) is 7.87. The number of carbonyl (C=O) groups excluding carboxylic acids is 1. The zero-order chi connectivity index (χ0) is 13.4. The number of rotatable bonds is 7. The first-order valence-electron chi connectivity index (χ1n) is 5.37. The van der Waals surface area contributed by atoms with Crippen LogP contribution in [0, 0.1) is 0 Å². The number of ether oxygens (including phenoxy) is 1. The van der Waals surface area contributed by atoms with Crippen molar-refractivity contribution in [1.29, 1.82) is 0 Å². The minimum atomic E-state index is -3.04. The van der Waals surface area contributed by atoms with E-state index in [4.69, 9.17) is 9.63 Å². The van der Waals surface area contributed by atoms with Gasteiger partial charge in [0.05, 0.1) is 7.11 Å². The van der Waals surface area contributed by atoms with Gasteiger partial charge in [-0.3, -0.25) is 9.36 Å². The van der Waals surface area contributed by atoms with Gasteiger partial charge in [-0.15, -0.1) is 0 Å². The average molecular weight is 273 g/mol. The van der Waals surface area contributed by atoms with Crippen LogP contribution >= 0.6 is 8.25 Å². The summed E-state index contributed by atoms with van der Waals surface area (Å²) < 4.78 is 19.6. The van der Waals surface area contributed by atoms with Gasteiger partial charge in [-0.25, -0.2) is 0 Å². The molecule has 1 unspecified atom stereocenters. The van der Waals surface area contributed by atoms with Crippen LogP contribution in [0.1, 0.15) is 5.56 Å². The minimum absolute atomic E-state index is 0.392. The molecule has 2 N–H and O–H groups in total. The molecule has 1 atom stereocenters. The molecule has 0 aliphatic heterocycles. The third-order valence-corrected chi connectivity index (χ3v) is 2.61. The highest BCUT2D eigenvalue weighted by atomic mass is 31.1.